The molecule has 134 valence electrons. The number of ether oxygens (including phenoxy) is 2. The maximum Gasteiger partial charge on any atom is 0.266 e. The largest absolute Gasteiger partial charge is 0.493 e. The molecular weight excluding hydrogens is 330 g/mol. The summed E-state index contributed by atoms with van der Waals surface area (Å²) in [5, 5.41) is 12.1. The number of rotatable bonds is 6. The highest BCUT2D eigenvalue weighted by Crippen LogP contribution is 2.28. The molecule has 2 rings (SSSR count). The Morgan fingerprint density at radius 2 is 1.73 bits per heavy atom. The first kappa shape index (κ1) is 18.9. The van der Waals surface area contributed by atoms with E-state index in [2.05, 4.69) is 5.32 Å². The Bertz CT molecular complexity index is 850. The first-order valence-corrected chi connectivity index (χ1v) is 7.91. The molecule has 0 atom stereocenters. The first-order chi connectivity index (χ1) is 12.5. The van der Waals surface area contributed by atoms with Crippen LogP contribution in [0.3, 0.4) is 0 Å². The van der Waals surface area contributed by atoms with E-state index >= 15 is 0 Å². The average molecular weight is 351 g/mol. The van der Waals surface area contributed by atoms with Crippen molar-refractivity contribution in [1.29, 1.82) is 5.26 Å². The second-order valence-electron chi connectivity index (χ2n) is 5.68. The quantitative estimate of drug-likeness (QED) is 0.638. The van der Waals surface area contributed by atoms with Gasteiger partial charge in [0.25, 0.3) is 5.91 Å². The number of nitriles is 1. The number of hydrogen-bond donors (Lipinski definition) is 1. The summed E-state index contributed by atoms with van der Waals surface area (Å²) in [6.45, 7) is 0. The van der Waals surface area contributed by atoms with Crippen molar-refractivity contribution in [2.24, 2.45) is 0 Å². The fourth-order valence-electron chi connectivity index (χ4n) is 2.30. The molecule has 0 unspecified atom stereocenters. The van der Waals surface area contributed by atoms with Gasteiger partial charge in [-0.3, -0.25) is 4.79 Å². The van der Waals surface area contributed by atoms with Crippen molar-refractivity contribution < 1.29 is 14.3 Å². The van der Waals surface area contributed by atoms with Crippen LogP contribution >= 0.6 is 0 Å². The second kappa shape index (κ2) is 8.58. The predicted molar refractivity (Wildman–Crippen MR) is 103 cm³/mol. The fraction of sp³-hybridized carbons (Fsp3) is 0.200. The Morgan fingerprint density at radius 3 is 2.27 bits per heavy atom. The zero-order valence-electron chi connectivity index (χ0n) is 15.2. The van der Waals surface area contributed by atoms with E-state index in [4.69, 9.17) is 9.47 Å². The molecular formula is C20H21N3O3. The summed E-state index contributed by atoms with van der Waals surface area (Å²) in [7, 11) is 6.95. The van der Waals surface area contributed by atoms with E-state index in [9.17, 15) is 10.1 Å². The normalized spacial score (nSPS) is 10.7. The maximum atomic E-state index is 12.4. The fourth-order valence-corrected chi connectivity index (χ4v) is 2.30. The molecule has 0 saturated heterocycles. The van der Waals surface area contributed by atoms with Crippen LogP contribution < -0.4 is 19.7 Å². The van der Waals surface area contributed by atoms with Gasteiger partial charge in [0.05, 0.1) is 14.2 Å². The van der Waals surface area contributed by atoms with Crippen LogP contribution in [-0.2, 0) is 4.79 Å². The zero-order valence-corrected chi connectivity index (χ0v) is 15.2. The highest BCUT2D eigenvalue weighted by Gasteiger charge is 2.11. The second-order valence-corrected chi connectivity index (χ2v) is 5.68. The molecule has 0 radical (unpaired) electrons. The van der Waals surface area contributed by atoms with Gasteiger partial charge in [0.1, 0.15) is 11.6 Å². The molecule has 26 heavy (non-hydrogen) atoms. The molecule has 0 saturated carbocycles. The van der Waals surface area contributed by atoms with Crippen LogP contribution in [0.4, 0.5) is 11.4 Å². The number of nitrogens with one attached hydrogen (secondary N) is 1. The SMILES string of the molecule is COc1ccc(/C=C(/C#N)C(=O)Nc2ccc(N(C)C)cc2)cc1OC. The number of amides is 1. The molecule has 6 heteroatoms. The number of methoxy groups -OCH3 is 2. The van der Waals surface area contributed by atoms with Gasteiger partial charge in [0, 0.05) is 25.5 Å². The maximum absolute atomic E-state index is 12.4. The highest BCUT2D eigenvalue weighted by molar-refractivity contribution is 6.09. The summed E-state index contributed by atoms with van der Waals surface area (Å²) in [4.78, 5) is 14.3. The molecule has 1 N–H and O–H groups in total. The van der Waals surface area contributed by atoms with E-state index in [1.54, 1.807) is 37.4 Å². The number of nitrogens with zero attached hydrogens (tertiary/aromatic N) is 2. The van der Waals surface area contributed by atoms with Crippen molar-refractivity contribution in [3.63, 3.8) is 0 Å². The lowest BCUT2D eigenvalue weighted by Gasteiger charge is -2.13. The minimum Gasteiger partial charge on any atom is -0.493 e. The van der Waals surface area contributed by atoms with Gasteiger partial charge in [-0.1, -0.05) is 6.07 Å². The molecule has 0 aliphatic rings. The van der Waals surface area contributed by atoms with Crippen molar-refractivity contribution >= 4 is 23.4 Å². The van der Waals surface area contributed by atoms with E-state index in [0.717, 1.165) is 5.69 Å². The van der Waals surface area contributed by atoms with E-state index in [0.29, 0.717) is 22.7 Å². The van der Waals surface area contributed by atoms with E-state index in [1.165, 1.54) is 13.2 Å². The van der Waals surface area contributed by atoms with Crippen LogP contribution in [0.25, 0.3) is 6.08 Å². The number of carbonyl (C=O) groups is 1. The van der Waals surface area contributed by atoms with Gasteiger partial charge in [-0.25, -0.2) is 0 Å². The Labute approximate surface area is 153 Å². The minimum absolute atomic E-state index is 0.00564. The molecule has 0 aromatic heterocycles. The summed E-state index contributed by atoms with van der Waals surface area (Å²) in [5.41, 5.74) is 2.30. The number of anilines is 2. The van der Waals surface area contributed by atoms with Gasteiger partial charge in [-0.05, 0) is 48.0 Å². The summed E-state index contributed by atoms with van der Waals surface area (Å²) in [5.74, 6) is 0.631. The molecule has 0 aliphatic heterocycles. The summed E-state index contributed by atoms with van der Waals surface area (Å²) < 4.78 is 10.4. The first-order valence-electron chi connectivity index (χ1n) is 7.91. The number of benzene rings is 2. The van der Waals surface area contributed by atoms with E-state index < -0.39 is 5.91 Å². The Balaban J connectivity index is 2.20. The standard InChI is InChI=1S/C20H21N3O3/c1-23(2)17-8-6-16(7-9-17)22-20(24)15(13-21)11-14-5-10-18(25-3)19(12-14)26-4/h5-12H,1-4H3,(H,22,24)/b15-11-. The van der Waals surface area contributed by atoms with E-state index in [-0.39, 0.29) is 5.57 Å². The zero-order chi connectivity index (χ0) is 19.1. The third kappa shape index (κ3) is 4.54. The minimum atomic E-state index is -0.472. The molecule has 1 amide bonds. The molecule has 0 bridgehead atoms. The van der Waals surface area contributed by atoms with Gasteiger partial charge >= 0.3 is 0 Å². The Morgan fingerprint density at radius 1 is 1.08 bits per heavy atom. The van der Waals surface area contributed by atoms with Gasteiger partial charge in [0.2, 0.25) is 0 Å². The van der Waals surface area contributed by atoms with Gasteiger partial charge in [-0.2, -0.15) is 5.26 Å². The van der Waals surface area contributed by atoms with Crippen LogP contribution in [0.15, 0.2) is 48.0 Å². The molecule has 0 fully saturated rings. The van der Waals surface area contributed by atoms with Crippen molar-refractivity contribution in [2.45, 2.75) is 0 Å². The smallest absolute Gasteiger partial charge is 0.266 e. The summed E-state index contributed by atoms with van der Waals surface area (Å²) in [6, 6.07) is 14.5. The number of carbonyl (C=O) groups excluding carboxylic acids is 1. The van der Waals surface area contributed by atoms with Crippen LogP contribution in [0.2, 0.25) is 0 Å². The third-order valence-electron chi connectivity index (χ3n) is 3.73. The van der Waals surface area contributed by atoms with Crippen molar-refractivity contribution in [1.82, 2.24) is 0 Å². The monoisotopic (exact) mass is 351 g/mol. The van der Waals surface area contributed by atoms with Crippen LogP contribution in [0, 0.1) is 11.3 Å². The Kier molecular flexibility index (Phi) is 6.23. The van der Waals surface area contributed by atoms with E-state index in [1.807, 2.05) is 37.2 Å². The summed E-state index contributed by atoms with van der Waals surface area (Å²) >= 11 is 0. The van der Waals surface area contributed by atoms with Crippen LogP contribution in [0.5, 0.6) is 11.5 Å². The molecule has 0 aliphatic carbocycles. The van der Waals surface area contributed by atoms with Crippen molar-refractivity contribution in [3.8, 4) is 17.6 Å². The van der Waals surface area contributed by atoms with Crippen molar-refractivity contribution in [2.75, 3.05) is 38.5 Å². The van der Waals surface area contributed by atoms with Crippen LogP contribution in [0.1, 0.15) is 5.56 Å². The lowest BCUT2D eigenvalue weighted by atomic mass is 10.1. The number of hydrogen-bond acceptors (Lipinski definition) is 5. The molecule has 0 heterocycles. The molecule has 2 aromatic carbocycles. The third-order valence-corrected chi connectivity index (χ3v) is 3.73. The lowest BCUT2D eigenvalue weighted by molar-refractivity contribution is -0.112. The van der Waals surface area contributed by atoms with Gasteiger partial charge in [-0.15, -0.1) is 0 Å². The summed E-state index contributed by atoms with van der Waals surface area (Å²) in [6.07, 6.45) is 1.51. The predicted octanol–water partition coefficient (Wildman–Crippen LogP) is 3.32. The lowest BCUT2D eigenvalue weighted by Crippen LogP contribution is -2.14. The Hall–Kier alpha value is -3.46. The highest BCUT2D eigenvalue weighted by atomic mass is 16.5. The van der Waals surface area contributed by atoms with Crippen LogP contribution in [-0.4, -0.2) is 34.2 Å². The van der Waals surface area contributed by atoms with Gasteiger partial charge in [0.15, 0.2) is 11.5 Å². The average Bonchev–Trinajstić information content (AvgIpc) is 2.66. The van der Waals surface area contributed by atoms with Gasteiger partial charge < -0.3 is 19.7 Å². The molecule has 6 nitrogen and oxygen atoms in total. The topological polar surface area (TPSA) is 74.6 Å². The molecule has 0 spiro atoms. The van der Waals surface area contributed by atoms with Crippen molar-refractivity contribution in [3.05, 3.63) is 53.6 Å². The molecule has 2 aromatic rings.